The maximum absolute atomic E-state index is 12.6. The second-order valence-electron chi connectivity index (χ2n) is 7.62. The molecule has 10 heteroatoms. The van der Waals surface area contributed by atoms with E-state index >= 15 is 0 Å². The van der Waals surface area contributed by atoms with Crippen molar-refractivity contribution in [3.05, 3.63) is 25.3 Å². The Hall–Kier alpha value is -1.50. The van der Waals surface area contributed by atoms with Crippen LogP contribution in [0.1, 0.15) is 26.7 Å². The molecule has 1 aliphatic rings. The van der Waals surface area contributed by atoms with Crippen LogP contribution in [-0.4, -0.2) is 70.8 Å². The highest BCUT2D eigenvalue weighted by atomic mass is 28.2. The number of carbonyl (C=O) groups excluding carboxylic acids is 1. The fourth-order valence-corrected chi connectivity index (χ4v) is 5.62. The summed E-state index contributed by atoms with van der Waals surface area (Å²) in [6.07, 6.45) is 6.04. The van der Waals surface area contributed by atoms with E-state index in [1.54, 1.807) is 17.1 Å². The zero-order valence-corrected chi connectivity index (χ0v) is 20.4. The highest BCUT2D eigenvalue weighted by Gasteiger charge is 2.46. The van der Waals surface area contributed by atoms with Crippen LogP contribution in [0.5, 0.6) is 0 Å². The predicted octanol–water partition coefficient (Wildman–Crippen LogP) is 1.33. The van der Waals surface area contributed by atoms with Gasteiger partial charge in [0, 0.05) is 24.5 Å². The third-order valence-electron chi connectivity index (χ3n) is 5.43. The summed E-state index contributed by atoms with van der Waals surface area (Å²) in [6, 6.07) is 0.0872. The number of aromatic nitrogens is 3. The molecule has 1 aromatic heterocycles. The average molecular weight is 427 g/mol. The molecule has 2 rings (SSSR count). The zero-order chi connectivity index (χ0) is 20.6. The molecule has 2 heterocycles. The van der Waals surface area contributed by atoms with Crippen molar-refractivity contribution in [3.63, 3.8) is 0 Å². The van der Waals surface area contributed by atoms with Crippen LogP contribution < -0.4 is 0 Å². The third kappa shape index (κ3) is 5.75. The molecular formula is C18H34N4O4Si2. The Kier molecular flexibility index (Phi) is 8.86. The highest BCUT2D eigenvalue weighted by molar-refractivity contribution is 6.26. The number of rotatable bonds is 11. The summed E-state index contributed by atoms with van der Waals surface area (Å²) in [5.74, 6) is 0.274. The molecule has 28 heavy (non-hydrogen) atoms. The highest BCUT2D eigenvalue weighted by Crippen LogP contribution is 2.42. The van der Waals surface area contributed by atoms with Crippen molar-refractivity contribution < 1.29 is 18.4 Å². The van der Waals surface area contributed by atoms with E-state index in [1.165, 1.54) is 6.33 Å². The van der Waals surface area contributed by atoms with Crippen molar-refractivity contribution in [2.75, 3.05) is 13.2 Å². The van der Waals surface area contributed by atoms with Crippen molar-refractivity contribution in [1.82, 2.24) is 19.7 Å². The molecule has 0 unspecified atom stereocenters. The zero-order valence-electron chi connectivity index (χ0n) is 17.5. The van der Waals surface area contributed by atoms with Gasteiger partial charge in [-0.1, -0.05) is 39.6 Å². The van der Waals surface area contributed by atoms with E-state index in [4.69, 9.17) is 13.6 Å². The molecule has 1 amide bonds. The van der Waals surface area contributed by atoms with Gasteiger partial charge in [-0.15, -0.1) is 0 Å². The van der Waals surface area contributed by atoms with Gasteiger partial charge in [-0.25, -0.2) is 9.78 Å². The molecule has 0 N–H and O–H groups in total. The second kappa shape index (κ2) is 10.9. The third-order valence-corrected chi connectivity index (χ3v) is 6.70. The van der Waals surface area contributed by atoms with E-state index in [9.17, 15) is 4.79 Å². The molecule has 0 saturated carbocycles. The van der Waals surface area contributed by atoms with Crippen LogP contribution in [-0.2, 0) is 20.1 Å². The van der Waals surface area contributed by atoms with E-state index in [2.05, 4.69) is 43.6 Å². The van der Waals surface area contributed by atoms with Gasteiger partial charge in [-0.2, -0.15) is 5.10 Å². The molecule has 0 aromatic carbocycles. The molecule has 0 radical (unpaired) electrons. The maximum atomic E-state index is 12.6. The minimum atomic E-state index is -0.590. The van der Waals surface area contributed by atoms with Gasteiger partial charge in [-0.3, -0.25) is 4.68 Å². The molecule has 0 bridgehead atoms. The fourth-order valence-electron chi connectivity index (χ4n) is 3.77. The van der Waals surface area contributed by atoms with Crippen LogP contribution in [0.25, 0.3) is 0 Å². The molecule has 1 saturated heterocycles. The first-order valence-corrected chi connectivity index (χ1v) is 14.0. The van der Waals surface area contributed by atoms with Crippen LogP contribution in [0.2, 0.25) is 13.1 Å². The first kappa shape index (κ1) is 22.8. The number of aryl methyl sites for hydroxylation is 1. The quantitative estimate of drug-likeness (QED) is 0.302. The standard InChI is InChI=1S/C18H34N4O4Si2/c1-6-9-24-17(23)22-11-14(18(2,3)16(25-27-4)26-28-5)10-15(22)7-8-21-13-19-12-20-21/h6,12-16H,1,7-11,27-28H2,2-5H3/t14-,15-/m0/s1. The smallest absolute Gasteiger partial charge is 0.410 e. The van der Waals surface area contributed by atoms with Gasteiger partial charge in [0.2, 0.25) is 0 Å². The summed E-state index contributed by atoms with van der Waals surface area (Å²) in [5.41, 5.74) is -0.176. The fraction of sp³-hybridized carbons (Fsp3) is 0.722. The number of amides is 1. The number of likely N-dealkylation sites (tertiary alicyclic amines) is 1. The van der Waals surface area contributed by atoms with Gasteiger partial charge in [0.15, 0.2) is 19.5 Å². The first-order chi connectivity index (χ1) is 13.4. The van der Waals surface area contributed by atoms with Crippen LogP contribution in [0.3, 0.4) is 0 Å². The van der Waals surface area contributed by atoms with Gasteiger partial charge in [-0.05, 0) is 18.8 Å². The number of hydrogen-bond donors (Lipinski definition) is 0. The van der Waals surface area contributed by atoms with Crippen molar-refractivity contribution in [1.29, 1.82) is 0 Å². The van der Waals surface area contributed by atoms with Crippen molar-refractivity contribution in [2.24, 2.45) is 11.3 Å². The summed E-state index contributed by atoms with van der Waals surface area (Å²) >= 11 is 0. The monoisotopic (exact) mass is 426 g/mol. The van der Waals surface area contributed by atoms with Crippen molar-refractivity contribution in [2.45, 2.75) is 58.7 Å². The Bertz CT molecular complexity index is 609. The maximum Gasteiger partial charge on any atom is 0.410 e. The van der Waals surface area contributed by atoms with E-state index < -0.39 is 19.5 Å². The number of hydrogen-bond acceptors (Lipinski definition) is 6. The lowest BCUT2D eigenvalue weighted by Gasteiger charge is -2.39. The Morgan fingerprint density at radius 1 is 1.39 bits per heavy atom. The van der Waals surface area contributed by atoms with Gasteiger partial charge >= 0.3 is 6.09 Å². The molecule has 2 atom stereocenters. The lowest BCUT2D eigenvalue weighted by molar-refractivity contribution is -0.102. The van der Waals surface area contributed by atoms with Gasteiger partial charge in [0.05, 0.1) is 0 Å². The average Bonchev–Trinajstić information content (AvgIpc) is 3.34. The summed E-state index contributed by atoms with van der Waals surface area (Å²) < 4.78 is 19.3. The van der Waals surface area contributed by atoms with Gasteiger partial charge in [0.1, 0.15) is 25.6 Å². The summed E-state index contributed by atoms with van der Waals surface area (Å²) in [6.45, 7) is 13.8. The van der Waals surface area contributed by atoms with Crippen LogP contribution in [0.15, 0.2) is 25.3 Å². The largest absolute Gasteiger partial charge is 0.445 e. The summed E-state index contributed by atoms with van der Waals surface area (Å²) in [4.78, 5) is 18.5. The van der Waals surface area contributed by atoms with E-state index in [0.29, 0.717) is 13.1 Å². The molecule has 1 aromatic rings. The SMILES string of the molecule is C=CCOC(=O)N1C[C@@H](C(C)(C)C(O[SiH2]C)O[SiH2]C)C[C@@H]1CCn1cncn1. The van der Waals surface area contributed by atoms with E-state index in [-0.39, 0.29) is 36.4 Å². The van der Waals surface area contributed by atoms with Crippen LogP contribution in [0.4, 0.5) is 4.79 Å². The summed E-state index contributed by atoms with van der Waals surface area (Å²) in [5, 5.41) is 4.17. The molecule has 8 nitrogen and oxygen atoms in total. The first-order valence-electron chi connectivity index (χ1n) is 10.0. The van der Waals surface area contributed by atoms with E-state index in [1.807, 2.05) is 4.90 Å². The molecule has 0 aliphatic carbocycles. The molecule has 1 aliphatic heterocycles. The van der Waals surface area contributed by atoms with Gasteiger partial charge < -0.3 is 18.5 Å². The Morgan fingerprint density at radius 3 is 2.68 bits per heavy atom. The number of nitrogens with zero attached hydrogens (tertiary/aromatic N) is 4. The van der Waals surface area contributed by atoms with Crippen molar-refractivity contribution in [3.8, 4) is 0 Å². The number of ether oxygens (including phenoxy) is 1. The Labute approximate surface area is 172 Å². The topological polar surface area (TPSA) is 78.7 Å². The minimum absolute atomic E-state index is 0.0872. The molecular weight excluding hydrogens is 392 g/mol. The van der Waals surface area contributed by atoms with Gasteiger partial charge in [0.25, 0.3) is 0 Å². The molecule has 1 fully saturated rings. The Morgan fingerprint density at radius 2 is 2.11 bits per heavy atom. The summed E-state index contributed by atoms with van der Waals surface area (Å²) in [7, 11) is -1.18. The van der Waals surface area contributed by atoms with Crippen LogP contribution in [0, 0.1) is 11.3 Å². The second-order valence-corrected chi connectivity index (χ2v) is 9.44. The predicted molar refractivity (Wildman–Crippen MR) is 113 cm³/mol. The molecule has 158 valence electrons. The van der Waals surface area contributed by atoms with Crippen LogP contribution >= 0.6 is 0 Å². The minimum Gasteiger partial charge on any atom is -0.445 e. The Balaban J connectivity index is 2.12. The lowest BCUT2D eigenvalue weighted by atomic mass is 9.76. The van der Waals surface area contributed by atoms with E-state index in [0.717, 1.165) is 12.8 Å². The number of carbonyl (C=O) groups is 1. The molecule has 0 spiro atoms. The normalized spacial score (nSPS) is 21.8. The van der Waals surface area contributed by atoms with Crippen molar-refractivity contribution >= 4 is 25.6 Å². The lowest BCUT2D eigenvalue weighted by Crippen LogP contribution is -2.43.